The summed E-state index contributed by atoms with van der Waals surface area (Å²) in [7, 11) is 1.83. The van der Waals surface area contributed by atoms with Gasteiger partial charge in [-0.15, -0.1) is 24.0 Å². The molecule has 1 aliphatic carbocycles. The number of rotatable bonds is 5. The maximum Gasteiger partial charge on any atom is 0.191 e. The molecule has 148 valence electrons. The molecule has 3 rings (SSSR count). The van der Waals surface area contributed by atoms with Crippen LogP contribution in [-0.2, 0) is 6.54 Å². The number of halogens is 1. The molecular formula is C20H31IN6. The van der Waals surface area contributed by atoms with Crippen LogP contribution in [-0.4, -0.2) is 33.8 Å². The minimum Gasteiger partial charge on any atom is -0.354 e. The van der Waals surface area contributed by atoms with Crippen LogP contribution >= 0.6 is 24.0 Å². The van der Waals surface area contributed by atoms with Gasteiger partial charge in [-0.2, -0.15) is 5.10 Å². The van der Waals surface area contributed by atoms with E-state index in [9.17, 15) is 0 Å². The van der Waals surface area contributed by atoms with Crippen molar-refractivity contribution in [1.29, 1.82) is 0 Å². The lowest BCUT2D eigenvalue weighted by molar-refractivity contribution is 0.250. The number of aliphatic imine (C=N–C) groups is 1. The smallest absolute Gasteiger partial charge is 0.191 e. The molecule has 1 fully saturated rings. The SMILES string of the molecule is CN=C(NCc1ccnc(-n2cccn2)c1)NC1CCC(C(C)C)CC1.I. The summed E-state index contributed by atoms with van der Waals surface area (Å²) in [6.45, 7) is 5.38. The van der Waals surface area contributed by atoms with E-state index in [1.165, 1.54) is 25.7 Å². The Morgan fingerprint density at radius 1 is 1.26 bits per heavy atom. The van der Waals surface area contributed by atoms with Crippen LogP contribution in [0, 0.1) is 11.8 Å². The third kappa shape index (κ3) is 6.19. The molecule has 7 heteroatoms. The molecule has 2 heterocycles. The molecule has 1 aliphatic rings. The Balaban J connectivity index is 0.00000261. The molecule has 0 aromatic carbocycles. The second-order valence-corrected chi connectivity index (χ2v) is 7.40. The lowest BCUT2D eigenvalue weighted by Crippen LogP contribution is -2.44. The van der Waals surface area contributed by atoms with Crippen LogP contribution in [0.15, 0.2) is 41.8 Å². The number of pyridine rings is 1. The molecule has 27 heavy (non-hydrogen) atoms. The lowest BCUT2D eigenvalue weighted by Gasteiger charge is -2.32. The topological polar surface area (TPSA) is 67.1 Å². The van der Waals surface area contributed by atoms with Crippen LogP contribution < -0.4 is 10.6 Å². The fourth-order valence-corrected chi connectivity index (χ4v) is 3.60. The highest BCUT2D eigenvalue weighted by atomic mass is 127. The van der Waals surface area contributed by atoms with Crippen molar-refractivity contribution in [3.05, 3.63) is 42.4 Å². The molecule has 0 atom stereocenters. The third-order valence-corrected chi connectivity index (χ3v) is 5.29. The molecule has 0 saturated heterocycles. The van der Waals surface area contributed by atoms with Gasteiger partial charge in [0, 0.05) is 38.2 Å². The monoisotopic (exact) mass is 482 g/mol. The average Bonchev–Trinajstić information content (AvgIpc) is 3.20. The summed E-state index contributed by atoms with van der Waals surface area (Å²) >= 11 is 0. The molecule has 0 unspecified atom stereocenters. The van der Waals surface area contributed by atoms with Gasteiger partial charge < -0.3 is 10.6 Å². The highest BCUT2D eigenvalue weighted by Crippen LogP contribution is 2.29. The molecule has 0 bridgehead atoms. The van der Waals surface area contributed by atoms with E-state index in [0.29, 0.717) is 12.6 Å². The Labute approximate surface area is 179 Å². The highest BCUT2D eigenvalue weighted by Gasteiger charge is 2.23. The van der Waals surface area contributed by atoms with Crippen molar-refractivity contribution in [1.82, 2.24) is 25.4 Å². The van der Waals surface area contributed by atoms with Crippen molar-refractivity contribution >= 4 is 29.9 Å². The molecule has 2 aromatic rings. The molecule has 6 nitrogen and oxygen atoms in total. The van der Waals surface area contributed by atoms with E-state index in [-0.39, 0.29) is 24.0 Å². The van der Waals surface area contributed by atoms with Crippen molar-refractivity contribution in [2.45, 2.75) is 52.1 Å². The first-order valence-electron chi connectivity index (χ1n) is 9.58. The van der Waals surface area contributed by atoms with Gasteiger partial charge >= 0.3 is 0 Å². The van der Waals surface area contributed by atoms with E-state index in [1.807, 2.05) is 37.6 Å². The molecular weight excluding hydrogens is 451 g/mol. The van der Waals surface area contributed by atoms with Gasteiger partial charge in [-0.1, -0.05) is 13.8 Å². The van der Waals surface area contributed by atoms with Crippen molar-refractivity contribution in [2.24, 2.45) is 16.8 Å². The Morgan fingerprint density at radius 3 is 2.67 bits per heavy atom. The number of nitrogens with one attached hydrogen (secondary N) is 2. The van der Waals surface area contributed by atoms with Gasteiger partial charge in [0.15, 0.2) is 11.8 Å². The average molecular weight is 482 g/mol. The largest absolute Gasteiger partial charge is 0.354 e. The van der Waals surface area contributed by atoms with E-state index >= 15 is 0 Å². The number of hydrogen-bond donors (Lipinski definition) is 2. The van der Waals surface area contributed by atoms with E-state index in [4.69, 9.17) is 0 Å². The fourth-order valence-electron chi connectivity index (χ4n) is 3.60. The Hall–Kier alpha value is -1.64. The standard InChI is InChI=1S/C20H30N6.HI/c1-15(2)17-5-7-18(8-6-17)25-20(21-3)23-14-16-9-11-22-19(13-16)26-12-4-10-24-26;/h4,9-13,15,17-18H,5-8,14H2,1-3H3,(H2,21,23,25);1H. The first kappa shape index (κ1) is 21.7. The fraction of sp³-hybridized carbons (Fsp3) is 0.550. The highest BCUT2D eigenvalue weighted by molar-refractivity contribution is 14.0. The van der Waals surface area contributed by atoms with E-state index in [0.717, 1.165) is 29.2 Å². The Morgan fingerprint density at radius 2 is 2.04 bits per heavy atom. The predicted octanol–water partition coefficient (Wildman–Crippen LogP) is 3.77. The van der Waals surface area contributed by atoms with Gasteiger partial charge in [-0.3, -0.25) is 4.99 Å². The summed E-state index contributed by atoms with van der Waals surface area (Å²) in [5, 5.41) is 11.2. The van der Waals surface area contributed by atoms with E-state index < -0.39 is 0 Å². The Bertz CT molecular complexity index is 705. The van der Waals surface area contributed by atoms with Crippen molar-refractivity contribution in [2.75, 3.05) is 7.05 Å². The molecule has 0 amide bonds. The quantitative estimate of drug-likeness (QED) is 0.387. The number of aromatic nitrogens is 3. The van der Waals surface area contributed by atoms with E-state index in [2.05, 4.69) is 39.6 Å². The molecule has 2 N–H and O–H groups in total. The summed E-state index contributed by atoms with van der Waals surface area (Å²) in [4.78, 5) is 8.76. The zero-order valence-electron chi connectivity index (χ0n) is 16.4. The van der Waals surface area contributed by atoms with Gasteiger partial charge in [-0.05, 0) is 61.3 Å². The molecule has 0 aliphatic heterocycles. The van der Waals surface area contributed by atoms with Gasteiger partial charge in [-0.25, -0.2) is 9.67 Å². The first-order chi connectivity index (χ1) is 12.7. The van der Waals surface area contributed by atoms with Crippen molar-refractivity contribution < 1.29 is 0 Å². The normalized spacial score (nSPS) is 20.2. The zero-order valence-corrected chi connectivity index (χ0v) is 18.8. The molecule has 0 radical (unpaired) electrons. The van der Waals surface area contributed by atoms with Crippen LogP contribution in [0.4, 0.5) is 0 Å². The van der Waals surface area contributed by atoms with Gasteiger partial charge in [0.2, 0.25) is 0 Å². The van der Waals surface area contributed by atoms with Crippen LogP contribution in [0.3, 0.4) is 0 Å². The second-order valence-electron chi connectivity index (χ2n) is 7.40. The van der Waals surface area contributed by atoms with Crippen LogP contribution in [0.5, 0.6) is 0 Å². The maximum atomic E-state index is 4.38. The third-order valence-electron chi connectivity index (χ3n) is 5.29. The first-order valence-corrected chi connectivity index (χ1v) is 9.58. The van der Waals surface area contributed by atoms with Crippen molar-refractivity contribution in [3.63, 3.8) is 0 Å². The number of guanidine groups is 1. The van der Waals surface area contributed by atoms with Gasteiger partial charge in [0.05, 0.1) is 0 Å². The zero-order chi connectivity index (χ0) is 18.4. The van der Waals surface area contributed by atoms with Crippen LogP contribution in [0.1, 0.15) is 45.1 Å². The Kier molecular flexibility index (Phi) is 8.53. The molecule has 0 spiro atoms. The minimum atomic E-state index is 0. The summed E-state index contributed by atoms with van der Waals surface area (Å²) in [5.41, 5.74) is 1.15. The lowest BCUT2D eigenvalue weighted by atomic mass is 9.80. The maximum absolute atomic E-state index is 4.38. The van der Waals surface area contributed by atoms with Crippen LogP contribution in [0.2, 0.25) is 0 Å². The number of hydrogen-bond acceptors (Lipinski definition) is 3. The van der Waals surface area contributed by atoms with Gasteiger partial charge in [0.1, 0.15) is 0 Å². The number of nitrogens with zero attached hydrogens (tertiary/aromatic N) is 4. The van der Waals surface area contributed by atoms with Gasteiger partial charge in [0.25, 0.3) is 0 Å². The summed E-state index contributed by atoms with van der Waals surface area (Å²) in [6.07, 6.45) is 10.5. The van der Waals surface area contributed by atoms with E-state index in [1.54, 1.807) is 10.9 Å². The summed E-state index contributed by atoms with van der Waals surface area (Å²) in [6, 6.07) is 6.47. The van der Waals surface area contributed by atoms with Crippen LogP contribution in [0.25, 0.3) is 5.82 Å². The summed E-state index contributed by atoms with van der Waals surface area (Å²) in [5.74, 6) is 3.37. The molecule has 2 aromatic heterocycles. The minimum absolute atomic E-state index is 0. The van der Waals surface area contributed by atoms with Crippen molar-refractivity contribution in [3.8, 4) is 5.82 Å². The predicted molar refractivity (Wildman–Crippen MR) is 121 cm³/mol. The molecule has 1 saturated carbocycles. The second kappa shape index (κ2) is 10.6. The summed E-state index contributed by atoms with van der Waals surface area (Å²) < 4.78 is 1.77.